The molecular formula is C23H27BrN4O3. The molecule has 1 aliphatic rings. The van der Waals surface area contributed by atoms with Gasteiger partial charge in [0.2, 0.25) is 0 Å². The number of nitrogens with one attached hydrogen (secondary N) is 3. The Bertz CT molecular complexity index is 1030. The number of ether oxygens (including phenoxy) is 1. The molecule has 7 nitrogen and oxygen atoms in total. The van der Waals surface area contributed by atoms with Crippen molar-refractivity contribution >= 4 is 33.0 Å². The Kier molecular flexibility index (Phi) is 6.77. The molecule has 2 aromatic carbocycles. The van der Waals surface area contributed by atoms with Gasteiger partial charge in [-0.2, -0.15) is 0 Å². The van der Waals surface area contributed by atoms with Crippen LogP contribution in [0.5, 0.6) is 5.75 Å². The van der Waals surface area contributed by atoms with Gasteiger partial charge in [0.1, 0.15) is 11.6 Å². The number of aliphatic hydroxyl groups excluding tert-OH is 1. The second-order valence-electron chi connectivity index (χ2n) is 8.01. The van der Waals surface area contributed by atoms with Gasteiger partial charge in [-0.1, -0.05) is 28.1 Å². The van der Waals surface area contributed by atoms with Crippen LogP contribution in [0.4, 0.5) is 4.79 Å². The SMILES string of the molecule is COc1ccc(C[C@@H](NC(=O)N[C@H]2CC[C@H](O)CC2)c2nc3cc(Br)ccc3[nH]2)cc1. The summed E-state index contributed by atoms with van der Waals surface area (Å²) in [6, 6.07) is 13.2. The number of carbonyl (C=O) groups excluding carboxylic acids is 1. The van der Waals surface area contributed by atoms with Gasteiger partial charge in [-0.25, -0.2) is 9.78 Å². The largest absolute Gasteiger partial charge is 0.497 e. The summed E-state index contributed by atoms with van der Waals surface area (Å²) in [6.07, 6.45) is 3.35. The monoisotopic (exact) mass is 486 g/mol. The number of methoxy groups -OCH3 is 1. The minimum atomic E-state index is -0.325. The third kappa shape index (κ3) is 5.57. The van der Waals surface area contributed by atoms with Crippen LogP contribution >= 0.6 is 15.9 Å². The zero-order chi connectivity index (χ0) is 21.8. The topological polar surface area (TPSA) is 99.3 Å². The number of nitrogens with zero attached hydrogens (tertiary/aromatic N) is 1. The number of benzene rings is 2. The summed E-state index contributed by atoms with van der Waals surface area (Å²) in [5.74, 6) is 1.50. The summed E-state index contributed by atoms with van der Waals surface area (Å²) in [5.41, 5.74) is 2.82. The van der Waals surface area contributed by atoms with Gasteiger partial charge in [-0.05, 0) is 68.0 Å². The highest BCUT2D eigenvalue weighted by Crippen LogP contribution is 2.24. The maximum absolute atomic E-state index is 12.8. The fourth-order valence-corrected chi connectivity index (χ4v) is 4.33. The lowest BCUT2D eigenvalue weighted by molar-refractivity contribution is 0.117. The minimum Gasteiger partial charge on any atom is -0.497 e. The van der Waals surface area contributed by atoms with E-state index in [2.05, 4.69) is 31.5 Å². The molecule has 0 aliphatic heterocycles. The maximum atomic E-state index is 12.8. The van der Waals surface area contributed by atoms with Gasteiger partial charge in [0.25, 0.3) is 0 Å². The van der Waals surface area contributed by atoms with Crippen LogP contribution in [0.3, 0.4) is 0 Å². The number of aliphatic hydroxyl groups is 1. The van der Waals surface area contributed by atoms with Gasteiger partial charge in [0.15, 0.2) is 0 Å². The first kappa shape index (κ1) is 21.6. The lowest BCUT2D eigenvalue weighted by Gasteiger charge is -2.27. The second-order valence-corrected chi connectivity index (χ2v) is 8.93. The van der Waals surface area contributed by atoms with Gasteiger partial charge in [0.05, 0.1) is 30.3 Å². The summed E-state index contributed by atoms with van der Waals surface area (Å²) in [5, 5.41) is 15.8. The van der Waals surface area contributed by atoms with Crippen molar-refractivity contribution in [3.05, 3.63) is 58.3 Å². The second kappa shape index (κ2) is 9.70. The number of urea groups is 1. The van der Waals surface area contributed by atoms with Crippen molar-refractivity contribution in [1.82, 2.24) is 20.6 Å². The van der Waals surface area contributed by atoms with Crippen LogP contribution in [0.2, 0.25) is 0 Å². The number of rotatable bonds is 6. The molecule has 1 saturated carbocycles. The third-order valence-corrected chi connectivity index (χ3v) is 6.22. The lowest BCUT2D eigenvalue weighted by Crippen LogP contribution is -2.45. The molecule has 0 unspecified atom stereocenters. The van der Waals surface area contributed by atoms with E-state index in [4.69, 9.17) is 9.72 Å². The molecule has 0 spiro atoms. The molecule has 0 bridgehead atoms. The molecule has 1 aromatic heterocycles. The molecule has 164 valence electrons. The number of aromatic amines is 1. The average molecular weight is 487 g/mol. The Morgan fingerprint density at radius 1 is 1.23 bits per heavy atom. The quantitative estimate of drug-likeness (QED) is 0.419. The molecule has 0 saturated heterocycles. The molecule has 8 heteroatoms. The maximum Gasteiger partial charge on any atom is 0.315 e. The molecular weight excluding hydrogens is 460 g/mol. The number of aromatic nitrogens is 2. The summed E-state index contributed by atoms with van der Waals surface area (Å²) in [4.78, 5) is 20.9. The Hall–Kier alpha value is -2.58. The molecule has 2 amide bonds. The molecule has 31 heavy (non-hydrogen) atoms. The Labute approximate surface area is 189 Å². The minimum absolute atomic E-state index is 0.0802. The van der Waals surface area contributed by atoms with Crippen LogP contribution in [0.1, 0.15) is 43.1 Å². The van der Waals surface area contributed by atoms with E-state index in [9.17, 15) is 9.90 Å². The van der Waals surface area contributed by atoms with Crippen molar-refractivity contribution in [2.75, 3.05) is 7.11 Å². The Balaban J connectivity index is 1.52. The summed E-state index contributed by atoms with van der Waals surface area (Å²) >= 11 is 3.48. The van der Waals surface area contributed by atoms with Gasteiger partial charge >= 0.3 is 6.03 Å². The van der Waals surface area contributed by atoms with Gasteiger partial charge < -0.3 is 25.5 Å². The van der Waals surface area contributed by atoms with Crippen LogP contribution in [0.15, 0.2) is 46.9 Å². The van der Waals surface area contributed by atoms with Crippen molar-refractivity contribution in [1.29, 1.82) is 0 Å². The molecule has 0 radical (unpaired) electrons. The van der Waals surface area contributed by atoms with E-state index in [1.54, 1.807) is 7.11 Å². The standard InChI is InChI=1S/C23H27BrN4O3/c1-31-18-9-2-14(3-10-18)12-21(22-26-19-11-4-15(24)13-20(19)27-22)28-23(30)25-16-5-7-17(29)8-6-16/h2-4,9-11,13,16-17,21,29H,5-8,12H2,1H3,(H,26,27)(H2,25,28,30)/t16-,17-,21-/m1/s1. The van der Waals surface area contributed by atoms with Crippen molar-refractivity contribution in [2.45, 2.75) is 50.3 Å². The predicted octanol–water partition coefficient (Wildman–Crippen LogP) is 4.22. The average Bonchev–Trinajstić information content (AvgIpc) is 3.18. The van der Waals surface area contributed by atoms with E-state index >= 15 is 0 Å². The van der Waals surface area contributed by atoms with Crippen molar-refractivity contribution in [3.8, 4) is 5.75 Å². The van der Waals surface area contributed by atoms with E-state index in [1.165, 1.54) is 0 Å². The van der Waals surface area contributed by atoms with Crippen LogP contribution in [0, 0.1) is 0 Å². The first-order valence-electron chi connectivity index (χ1n) is 10.5. The van der Waals surface area contributed by atoms with Gasteiger partial charge in [-0.15, -0.1) is 0 Å². The molecule has 1 atom stereocenters. The highest BCUT2D eigenvalue weighted by Gasteiger charge is 2.24. The number of fused-ring (bicyclic) bond motifs is 1. The molecule has 4 N–H and O–H groups in total. The number of hydrogen-bond donors (Lipinski definition) is 4. The van der Waals surface area contributed by atoms with Crippen LogP contribution in [-0.2, 0) is 6.42 Å². The predicted molar refractivity (Wildman–Crippen MR) is 123 cm³/mol. The highest BCUT2D eigenvalue weighted by molar-refractivity contribution is 9.10. The number of halogens is 1. The van der Waals surface area contributed by atoms with E-state index in [1.807, 2.05) is 42.5 Å². The number of hydrogen-bond acceptors (Lipinski definition) is 4. The van der Waals surface area contributed by atoms with Crippen LogP contribution in [-0.4, -0.2) is 40.4 Å². The molecule has 1 fully saturated rings. The highest BCUT2D eigenvalue weighted by atomic mass is 79.9. The van der Waals surface area contributed by atoms with E-state index in [0.717, 1.165) is 52.5 Å². The summed E-state index contributed by atoms with van der Waals surface area (Å²) in [7, 11) is 1.64. The van der Waals surface area contributed by atoms with Crippen LogP contribution < -0.4 is 15.4 Å². The normalized spacial score (nSPS) is 19.7. The zero-order valence-corrected chi connectivity index (χ0v) is 19.0. The smallest absolute Gasteiger partial charge is 0.315 e. The van der Waals surface area contributed by atoms with Crippen LogP contribution in [0.25, 0.3) is 11.0 Å². The Morgan fingerprint density at radius 2 is 1.97 bits per heavy atom. The van der Waals surface area contributed by atoms with Crippen molar-refractivity contribution < 1.29 is 14.6 Å². The lowest BCUT2D eigenvalue weighted by atomic mass is 9.93. The van der Waals surface area contributed by atoms with E-state index in [0.29, 0.717) is 12.2 Å². The number of H-pyrrole nitrogens is 1. The molecule has 4 rings (SSSR count). The van der Waals surface area contributed by atoms with Gasteiger partial charge in [-0.3, -0.25) is 0 Å². The first-order valence-corrected chi connectivity index (χ1v) is 11.3. The summed E-state index contributed by atoms with van der Waals surface area (Å²) in [6.45, 7) is 0. The molecule has 1 aliphatic carbocycles. The van der Waals surface area contributed by atoms with E-state index in [-0.39, 0.29) is 24.2 Å². The fourth-order valence-electron chi connectivity index (χ4n) is 3.98. The number of carbonyl (C=O) groups is 1. The fraction of sp³-hybridized carbons (Fsp3) is 0.391. The third-order valence-electron chi connectivity index (χ3n) is 5.73. The molecule has 3 aromatic rings. The molecule has 1 heterocycles. The summed E-state index contributed by atoms with van der Waals surface area (Å²) < 4.78 is 6.20. The number of amides is 2. The Morgan fingerprint density at radius 3 is 2.68 bits per heavy atom. The van der Waals surface area contributed by atoms with E-state index < -0.39 is 0 Å². The zero-order valence-electron chi connectivity index (χ0n) is 17.4. The van der Waals surface area contributed by atoms with Gasteiger partial charge in [0, 0.05) is 10.5 Å². The van der Waals surface area contributed by atoms with Crippen molar-refractivity contribution in [3.63, 3.8) is 0 Å². The number of imidazole rings is 1. The van der Waals surface area contributed by atoms with Crippen molar-refractivity contribution in [2.24, 2.45) is 0 Å². The first-order chi connectivity index (χ1) is 15.0.